The van der Waals surface area contributed by atoms with Crippen molar-refractivity contribution in [1.29, 1.82) is 0 Å². The zero-order valence-electron chi connectivity index (χ0n) is 20.3. The van der Waals surface area contributed by atoms with E-state index in [1.165, 1.54) is 75.9 Å². The topological polar surface area (TPSA) is 217 Å². The Bertz CT molecular complexity index is 1120. The van der Waals surface area contributed by atoms with E-state index in [2.05, 4.69) is 0 Å². The van der Waals surface area contributed by atoms with E-state index in [4.69, 9.17) is 14.2 Å². The molecule has 0 bridgehead atoms. The molecule has 0 heterocycles. The Balaban J connectivity index is 0. The van der Waals surface area contributed by atoms with Gasteiger partial charge in [0.15, 0.2) is 0 Å². The van der Waals surface area contributed by atoms with Crippen LogP contribution < -0.4 is 59.5 Å². The summed E-state index contributed by atoms with van der Waals surface area (Å²) in [5, 5.41) is -0.896. The molecule has 0 aliphatic heterocycles. The van der Waals surface area contributed by atoms with E-state index in [0.717, 1.165) is 0 Å². The van der Waals surface area contributed by atoms with Gasteiger partial charge in [0.05, 0.1) is 21.3 Å². The van der Waals surface area contributed by atoms with Crippen LogP contribution in [0, 0.1) is 0 Å². The van der Waals surface area contributed by atoms with E-state index < -0.39 is 22.8 Å². The molecule has 12 nitrogen and oxygen atoms in total. The smallest absolute Gasteiger partial charge is 0.807 e. The van der Waals surface area contributed by atoms with Gasteiger partial charge in [-0.3, -0.25) is 0 Å². The second kappa shape index (κ2) is 18.2. The SMILES string of the molecule is COc1ccccc1P(=O)([O-])[O-].COc1ccccc1P(=O)([O-])[O-].COc1ccccc1P(=O)([O-])[O-].[Y+3].[Y+3]. The molecule has 0 radical (unpaired) electrons. The van der Waals surface area contributed by atoms with Gasteiger partial charge in [-0.15, -0.1) is 0 Å². The van der Waals surface area contributed by atoms with E-state index in [0.29, 0.717) is 0 Å². The first kappa shape index (κ1) is 39.9. The van der Waals surface area contributed by atoms with Gasteiger partial charge >= 0.3 is 65.4 Å². The molecule has 0 unspecified atom stereocenters. The minimum Gasteiger partial charge on any atom is -0.807 e. The van der Waals surface area contributed by atoms with Gasteiger partial charge in [-0.25, -0.2) is 0 Å². The van der Waals surface area contributed by atoms with Crippen molar-refractivity contribution in [2.24, 2.45) is 0 Å². The summed E-state index contributed by atoms with van der Waals surface area (Å²) in [6, 6.07) is 17.2. The number of hydrogen-bond donors (Lipinski definition) is 0. The number of para-hydroxylation sites is 3. The van der Waals surface area contributed by atoms with Gasteiger partial charge < -0.3 is 57.3 Å². The van der Waals surface area contributed by atoms with E-state index >= 15 is 0 Å². The molecule has 3 aromatic carbocycles. The Labute approximate surface area is 270 Å². The van der Waals surface area contributed by atoms with Crippen molar-refractivity contribution >= 4 is 38.7 Å². The molecule has 38 heavy (non-hydrogen) atoms. The van der Waals surface area contributed by atoms with Crippen molar-refractivity contribution in [3.8, 4) is 17.2 Å². The maximum atomic E-state index is 10.6. The van der Waals surface area contributed by atoms with Crippen molar-refractivity contribution in [2.75, 3.05) is 21.3 Å². The summed E-state index contributed by atoms with van der Waals surface area (Å²) in [6.45, 7) is 0. The molecule has 0 atom stereocenters. The molecular formula is C21H21O12P3Y2. The third-order valence-corrected chi connectivity index (χ3v) is 7.02. The Kier molecular flexibility index (Phi) is 19.1. The molecule has 0 N–H and O–H groups in total. The van der Waals surface area contributed by atoms with Gasteiger partial charge in [0.25, 0.3) is 0 Å². The zero-order valence-corrected chi connectivity index (χ0v) is 28.7. The first-order valence-electron chi connectivity index (χ1n) is 9.63. The van der Waals surface area contributed by atoms with Gasteiger partial charge in [-0.1, -0.05) is 54.6 Å². The summed E-state index contributed by atoms with van der Waals surface area (Å²) >= 11 is 0. The van der Waals surface area contributed by atoms with Gasteiger partial charge in [-0.05, 0) is 41.0 Å². The van der Waals surface area contributed by atoms with Crippen molar-refractivity contribution in [3.05, 3.63) is 72.8 Å². The standard InChI is InChI=1S/3C7H9O4P.2Y/c3*1-11-6-4-2-3-5-7(6)12(8,9)10;;/h3*2-5H,1H3,(H2,8,9,10);;/q;;;2*+3/p-6. The Hall–Kier alpha value is -0.282. The number of hydrogen-bond acceptors (Lipinski definition) is 12. The number of ether oxygens (including phenoxy) is 3. The molecule has 0 aliphatic carbocycles. The number of rotatable bonds is 6. The molecule has 0 aliphatic rings. The Morgan fingerprint density at radius 3 is 0.763 bits per heavy atom. The van der Waals surface area contributed by atoms with E-state index in [1.807, 2.05) is 0 Å². The van der Waals surface area contributed by atoms with Crippen LogP contribution in [0.4, 0.5) is 0 Å². The first-order chi connectivity index (χ1) is 16.7. The molecule has 0 saturated carbocycles. The summed E-state index contributed by atoms with van der Waals surface area (Å²) in [6.07, 6.45) is 0. The number of methoxy groups -OCH3 is 3. The van der Waals surface area contributed by atoms with Gasteiger partial charge in [0, 0.05) is 15.9 Å². The average Bonchev–Trinajstić information content (AvgIpc) is 2.83. The fraction of sp³-hybridized carbons (Fsp3) is 0.143. The predicted octanol–water partition coefficient (Wildman–Crippen LogP) is -2.30. The summed E-state index contributed by atoms with van der Waals surface area (Å²) < 4.78 is 45.9. The summed E-state index contributed by atoms with van der Waals surface area (Å²) in [5.74, 6) is 0.266. The van der Waals surface area contributed by atoms with Gasteiger partial charge in [-0.2, -0.15) is 0 Å². The summed E-state index contributed by atoms with van der Waals surface area (Å²) in [7, 11) is -10.1. The van der Waals surface area contributed by atoms with Crippen LogP contribution in [-0.2, 0) is 79.1 Å². The molecule has 0 aromatic heterocycles. The van der Waals surface area contributed by atoms with E-state index in [-0.39, 0.29) is 98.6 Å². The van der Waals surface area contributed by atoms with Crippen LogP contribution in [0.1, 0.15) is 0 Å². The van der Waals surface area contributed by atoms with Crippen LogP contribution in [0.25, 0.3) is 0 Å². The van der Waals surface area contributed by atoms with E-state index in [9.17, 15) is 43.1 Å². The summed E-state index contributed by atoms with van der Waals surface area (Å²) in [4.78, 5) is 63.6. The van der Waals surface area contributed by atoms with Crippen LogP contribution in [0.5, 0.6) is 17.2 Å². The predicted molar refractivity (Wildman–Crippen MR) is 121 cm³/mol. The summed E-state index contributed by atoms with van der Waals surface area (Å²) in [5.41, 5.74) is 0. The van der Waals surface area contributed by atoms with Crippen LogP contribution in [-0.4, -0.2) is 21.3 Å². The van der Waals surface area contributed by atoms with Crippen LogP contribution >= 0.6 is 22.8 Å². The zero-order chi connectivity index (χ0) is 27.6. The normalized spacial score (nSPS) is 10.7. The largest absolute Gasteiger partial charge is 3.00 e. The number of benzene rings is 3. The third-order valence-electron chi connectivity index (χ3n) is 4.14. The first-order valence-corrected chi connectivity index (χ1v) is 14.3. The van der Waals surface area contributed by atoms with Crippen molar-refractivity contribution < 1.29 is 123 Å². The second-order valence-electron chi connectivity index (χ2n) is 6.51. The van der Waals surface area contributed by atoms with Crippen LogP contribution in [0.2, 0.25) is 0 Å². The average molecular weight is 736 g/mol. The molecule has 0 spiro atoms. The third kappa shape index (κ3) is 13.4. The fourth-order valence-electron chi connectivity index (χ4n) is 2.57. The maximum Gasteiger partial charge on any atom is 3.00 e. The van der Waals surface area contributed by atoms with Crippen molar-refractivity contribution in [1.82, 2.24) is 0 Å². The van der Waals surface area contributed by atoms with Crippen LogP contribution in [0.3, 0.4) is 0 Å². The molecular weight excluding hydrogens is 715 g/mol. The quantitative estimate of drug-likeness (QED) is 0.244. The monoisotopic (exact) mass is 736 g/mol. The van der Waals surface area contributed by atoms with Gasteiger partial charge in [0.2, 0.25) is 0 Å². The molecule has 17 heteroatoms. The fourth-order valence-corrected chi connectivity index (χ4v) is 4.68. The molecule has 3 aromatic rings. The minimum absolute atomic E-state index is 0. The van der Waals surface area contributed by atoms with Gasteiger partial charge in [0.1, 0.15) is 17.2 Å². The van der Waals surface area contributed by atoms with Crippen LogP contribution in [0.15, 0.2) is 72.8 Å². The molecule has 198 valence electrons. The molecule has 0 amide bonds. The van der Waals surface area contributed by atoms with Crippen molar-refractivity contribution in [3.63, 3.8) is 0 Å². The van der Waals surface area contributed by atoms with Crippen molar-refractivity contribution in [2.45, 2.75) is 0 Å². The van der Waals surface area contributed by atoms with E-state index in [1.54, 1.807) is 18.2 Å². The Morgan fingerprint density at radius 1 is 0.447 bits per heavy atom. The molecule has 0 saturated heterocycles. The maximum absolute atomic E-state index is 10.6. The second-order valence-corrected chi connectivity index (χ2v) is 10.9. The molecule has 0 fully saturated rings. The minimum atomic E-state index is -4.70. The molecule has 3 rings (SSSR count). The Morgan fingerprint density at radius 2 is 0.632 bits per heavy atom.